The molecule has 0 aliphatic carbocycles. The van der Waals surface area contributed by atoms with E-state index in [1.54, 1.807) is 12.1 Å². The Bertz CT molecular complexity index is 6790. The van der Waals surface area contributed by atoms with Crippen molar-refractivity contribution in [1.82, 2.24) is 0 Å². The third-order valence-electron chi connectivity index (χ3n) is 23.4. The highest BCUT2D eigenvalue weighted by Gasteiger charge is 2.30. The largest absolute Gasteiger partial charge is 0.494 e. The second kappa shape index (κ2) is 36.1. The minimum absolute atomic E-state index is 0.241. The molecule has 0 spiro atoms. The van der Waals surface area contributed by atoms with Crippen LogP contribution in [0.4, 0.5) is 0 Å². The lowest BCUT2D eigenvalue weighted by Crippen LogP contribution is -2.13. The van der Waals surface area contributed by atoms with Crippen LogP contribution >= 0.6 is 0 Å². The molecule has 0 N–H and O–H groups in total. The minimum Gasteiger partial charge on any atom is -0.494 e. The zero-order valence-corrected chi connectivity index (χ0v) is 72.0. The molecule has 0 bridgehead atoms. The Balaban J connectivity index is 0.865. The van der Waals surface area contributed by atoms with Gasteiger partial charge in [0.05, 0.1) is 21.3 Å². The average Bonchev–Trinajstić information content (AvgIpc) is 0.698. The van der Waals surface area contributed by atoms with Crippen LogP contribution in [-0.4, -0.2) is 29.7 Å². The summed E-state index contributed by atoms with van der Waals surface area (Å²) >= 11 is 0. The van der Waals surface area contributed by atoms with E-state index in [1.807, 2.05) is 36.4 Å². The summed E-state index contributed by atoms with van der Waals surface area (Å²) < 4.78 is 72.8. The number of terminal acetylenes is 1. The van der Waals surface area contributed by atoms with Gasteiger partial charge in [-0.25, -0.2) is 16.8 Å². The van der Waals surface area contributed by atoms with Crippen molar-refractivity contribution in [3.63, 3.8) is 0 Å². The Morgan fingerprint density at radius 3 is 1.51 bits per heavy atom. The number of ether oxygens (including phenoxy) is 2. The van der Waals surface area contributed by atoms with Gasteiger partial charge < -0.3 is 9.47 Å². The zero-order chi connectivity index (χ0) is 82.9. The Kier molecular flexibility index (Phi) is 25.4. The van der Waals surface area contributed by atoms with Crippen LogP contribution in [0.2, 0.25) is 0 Å². The SMILES string of the molecule is C#CC#CC#CC#CC#COc1ccc2c(-c3ccc4cc(/C=C/c5cc(C)cc6c(CCCCCC)cc(S(=O)(=O)c7ccc8c9cc(C(C)(C)C)cc%10c(S(C)(=O)=O)ccc(c%11cc(C(C)(C)C)cc7c8%11)c%109)cc56)ccc4c3)c3cc(OCCCCCCCCCC)ccc3c(-c3ccc(-c4ccc(CCCCCC)cc4)cc3)c2c1. The maximum atomic E-state index is 16.3. The maximum Gasteiger partial charge on any atom is 0.207 e. The quantitative estimate of drug-likeness (QED) is 0.0153. The van der Waals surface area contributed by atoms with Crippen molar-refractivity contribution in [3.05, 3.63) is 233 Å². The number of rotatable bonds is 29. The van der Waals surface area contributed by atoms with Crippen molar-refractivity contribution in [2.75, 3.05) is 12.9 Å². The Hall–Kier alpha value is -11.5. The summed E-state index contributed by atoms with van der Waals surface area (Å²) in [6.45, 7) is 22.4. The van der Waals surface area contributed by atoms with Crippen LogP contribution in [0.25, 0.3) is 132 Å². The molecule has 14 rings (SSSR count). The summed E-state index contributed by atoms with van der Waals surface area (Å²) in [5, 5.41) is 14.8. The van der Waals surface area contributed by atoms with Gasteiger partial charge in [0.1, 0.15) is 17.6 Å². The van der Waals surface area contributed by atoms with Crippen LogP contribution in [0, 0.1) is 66.8 Å². The number of hydrogen-bond acceptors (Lipinski definition) is 6. The predicted octanol–water partition coefficient (Wildman–Crippen LogP) is 28.4. The van der Waals surface area contributed by atoms with Crippen LogP contribution in [-0.2, 0) is 43.3 Å². The molecule has 0 fully saturated rings. The Labute approximate surface area is 700 Å². The molecule has 0 unspecified atom stereocenters. The first-order valence-corrected chi connectivity index (χ1v) is 45.8. The standard InChI is InChI=1S/C110H106O6S2/c1-13-17-21-25-27-29-31-35-61-115-88-54-56-92-99(72-88)105(80-49-47-79(48-50-80)78-43-39-76(40-44-78)37-33-23-19-15-3)91-55-53-89(116-62-36-32-30-28-26-22-18-14-2)73-100(91)106(92)85-52-51-81-65-77(41-45-82(81)66-85)42-46-84-63-75(5)64-95-83(38-34-24-20-16-4)67-90(74-96(84)95)118(113,114)104-60-58-94-97-68-86(109(6,7)8)70-101-103(117(12,111)112)59-57-93(107(97)101)98-69-87(110(9,10)11)71-102(104)108(94)98/h1,39-60,63-74H,14-16,18-20,22-24,26,28,30,32-34,36-38,62H2,2-12H3/b46-42+. The fourth-order valence-electron chi connectivity index (χ4n) is 17.1. The first kappa shape index (κ1) is 83.0. The fraction of sp³-hybridized carbons (Fsp3) is 0.291. The molecule has 0 atom stereocenters. The summed E-state index contributed by atoms with van der Waals surface area (Å²) in [6, 6.07) is 68.4. The van der Waals surface area contributed by atoms with E-state index in [0.29, 0.717) is 23.1 Å². The Morgan fingerprint density at radius 2 is 0.890 bits per heavy atom. The van der Waals surface area contributed by atoms with Gasteiger partial charge >= 0.3 is 0 Å². The lowest BCUT2D eigenvalue weighted by molar-refractivity contribution is 0.304. The van der Waals surface area contributed by atoms with E-state index in [-0.39, 0.29) is 25.5 Å². The molecule has 118 heavy (non-hydrogen) atoms. The first-order chi connectivity index (χ1) is 56.9. The molecular formula is C110H106O6S2. The van der Waals surface area contributed by atoms with Crippen LogP contribution < -0.4 is 9.47 Å². The molecule has 14 aromatic rings. The summed E-state index contributed by atoms with van der Waals surface area (Å²) in [5.41, 5.74) is 13.2. The van der Waals surface area contributed by atoms with E-state index in [2.05, 4.69) is 280 Å². The van der Waals surface area contributed by atoms with Gasteiger partial charge in [0.2, 0.25) is 9.84 Å². The molecular weight excluding hydrogens is 1480 g/mol. The molecule has 6 nitrogen and oxygen atoms in total. The second-order valence-electron chi connectivity index (χ2n) is 34.2. The molecule has 0 radical (unpaired) electrons. The van der Waals surface area contributed by atoms with Crippen molar-refractivity contribution in [3.8, 4) is 105 Å². The zero-order valence-electron chi connectivity index (χ0n) is 70.4. The van der Waals surface area contributed by atoms with E-state index < -0.39 is 19.7 Å². The lowest BCUT2D eigenvalue weighted by Gasteiger charge is -2.25. The molecule has 0 aliphatic heterocycles. The van der Waals surface area contributed by atoms with Crippen molar-refractivity contribution in [2.24, 2.45) is 0 Å². The molecule has 14 aromatic carbocycles. The van der Waals surface area contributed by atoms with Gasteiger partial charge in [0.25, 0.3) is 0 Å². The molecule has 0 saturated heterocycles. The van der Waals surface area contributed by atoms with Crippen LogP contribution in [0.5, 0.6) is 11.5 Å². The van der Waals surface area contributed by atoms with Crippen molar-refractivity contribution < 1.29 is 26.3 Å². The van der Waals surface area contributed by atoms with Gasteiger partial charge in [0.15, 0.2) is 9.84 Å². The van der Waals surface area contributed by atoms with Crippen LogP contribution in [0.15, 0.2) is 209 Å². The molecule has 0 amide bonds. The average molecular weight is 1590 g/mol. The highest BCUT2D eigenvalue weighted by Crippen LogP contribution is 2.50. The van der Waals surface area contributed by atoms with E-state index in [1.165, 1.54) is 81.6 Å². The highest BCUT2D eigenvalue weighted by molar-refractivity contribution is 7.91. The number of benzene rings is 14. The molecule has 594 valence electrons. The summed E-state index contributed by atoms with van der Waals surface area (Å²) in [7, 11) is -7.87. The predicted molar refractivity (Wildman–Crippen MR) is 501 cm³/mol. The summed E-state index contributed by atoms with van der Waals surface area (Å²) in [5.74, 6) is 22.2. The smallest absolute Gasteiger partial charge is 0.207 e. The van der Waals surface area contributed by atoms with Gasteiger partial charge in [-0.1, -0.05) is 261 Å². The van der Waals surface area contributed by atoms with Crippen molar-refractivity contribution in [2.45, 2.75) is 210 Å². The van der Waals surface area contributed by atoms with E-state index in [4.69, 9.17) is 15.9 Å². The van der Waals surface area contributed by atoms with Crippen molar-refractivity contribution in [1.29, 1.82) is 0 Å². The number of fused-ring (bicyclic) bond motifs is 6. The third-order valence-corrected chi connectivity index (χ3v) is 26.4. The van der Waals surface area contributed by atoms with Gasteiger partial charge in [-0.05, 0) is 312 Å². The monoisotopic (exact) mass is 1590 g/mol. The van der Waals surface area contributed by atoms with Gasteiger partial charge in [-0.3, -0.25) is 0 Å². The third kappa shape index (κ3) is 18.3. The molecule has 0 aromatic heterocycles. The molecule has 0 aliphatic rings. The molecule has 8 heteroatoms. The normalized spacial score (nSPS) is 12.0. The van der Waals surface area contributed by atoms with E-state index in [9.17, 15) is 8.42 Å². The second-order valence-corrected chi connectivity index (χ2v) is 38.1. The highest BCUT2D eigenvalue weighted by atomic mass is 32.2. The number of unbranched alkanes of at least 4 members (excludes halogenated alkanes) is 13. The van der Waals surface area contributed by atoms with Crippen LogP contribution in [0.3, 0.4) is 0 Å². The van der Waals surface area contributed by atoms with Crippen LogP contribution in [0.1, 0.15) is 204 Å². The van der Waals surface area contributed by atoms with Crippen molar-refractivity contribution >= 4 is 118 Å². The topological polar surface area (TPSA) is 86.7 Å². The molecule has 0 saturated carbocycles. The van der Waals surface area contributed by atoms with Gasteiger partial charge in [-0.15, -0.1) is 6.42 Å². The Morgan fingerprint density at radius 1 is 0.390 bits per heavy atom. The number of aryl methyl sites for hydroxylation is 3. The minimum atomic E-state index is -4.24. The van der Waals surface area contributed by atoms with Gasteiger partial charge in [0, 0.05) is 40.7 Å². The first-order valence-electron chi connectivity index (χ1n) is 42.4. The lowest BCUT2D eigenvalue weighted by atomic mass is 9.80. The number of hydrogen-bond donors (Lipinski definition) is 0. The van der Waals surface area contributed by atoms with Gasteiger partial charge in [-0.2, -0.15) is 0 Å². The summed E-state index contributed by atoms with van der Waals surface area (Å²) in [4.78, 5) is 0.774. The fourth-order valence-corrected chi connectivity index (χ4v) is 19.5. The van der Waals surface area contributed by atoms with E-state index >= 15 is 8.42 Å². The summed E-state index contributed by atoms with van der Waals surface area (Å²) in [6.07, 6.45) is 34.2. The molecule has 0 heterocycles. The maximum absolute atomic E-state index is 16.3. The number of sulfone groups is 2. The van der Waals surface area contributed by atoms with E-state index in [0.717, 1.165) is 194 Å².